The Morgan fingerprint density at radius 2 is 2.07 bits per heavy atom. The molecule has 3 fully saturated rings. The van der Waals surface area contributed by atoms with E-state index in [-0.39, 0.29) is 30.1 Å². The van der Waals surface area contributed by atoms with Gasteiger partial charge in [0.05, 0.1) is 13.2 Å². The highest BCUT2D eigenvalue weighted by molar-refractivity contribution is 14.0. The summed E-state index contributed by atoms with van der Waals surface area (Å²) in [5.74, 6) is 2.80. The van der Waals surface area contributed by atoms with Crippen LogP contribution in [0.4, 0.5) is 0 Å². The van der Waals surface area contributed by atoms with Gasteiger partial charge in [-0.3, -0.25) is 4.99 Å². The summed E-state index contributed by atoms with van der Waals surface area (Å²) < 4.78 is 11.6. The predicted octanol–water partition coefficient (Wildman–Crippen LogP) is 3.64. The number of aliphatic imine (C=N–C) groups is 1. The molecule has 1 aliphatic heterocycles. The van der Waals surface area contributed by atoms with Gasteiger partial charge >= 0.3 is 0 Å². The fourth-order valence-corrected chi connectivity index (χ4v) is 3.95. The first-order valence-electron chi connectivity index (χ1n) is 9.97. The molecular formula is C21H32IN3O2. The van der Waals surface area contributed by atoms with Crippen LogP contribution < -0.4 is 15.4 Å². The second-order valence-corrected chi connectivity index (χ2v) is 8.13. The smallest absolute Gasteiger partial charge is 0.191 e. The van der Waals surface area contributed by atoms with Crippen LogP contribution in [0, 0.1) is 18.3 Å². The average Bonchev–Trinajstić information content (AvgIpc) is 3.55. The van der Waals surface area contributed by atoms with Crippen molar-refractivity contribution in [2.45, 2.75) is 51.7 Å². The molecular weight excluding hydrogens is 453 g/mol. The highest BCUT2D eigenvalue weighted by Crippen LogP contribution is 2.60. The van der Waals surface area contributed by atoms with Gasteiger partial charge in [-0.2, -0.15) is 0 Å². The Bertz CT molecular complexity index is 665. The van der Waals surface area contributed by atoms with Crippen molar-refractivity contribution in [3.63, 3.8) is 0 Å². The molecule has 4 rings (SSSR count). The van der Waals surface area contributed by atoms with Gasteiger partial charge in [0, 0.05) is 32.1 Å². The number of aryl methyl sites for hydroxylation is 1. The summed E-state index contributed by atoms with van der Waals surface area (Å²) >= 11 is 0. The van der Waals surface area contributed by atoms with E-state index in [4.69, 9.17) is 9.47 Å². The van der Waals surface area contributed by atoms with E-state index in [1.54, 1.807) is 0 Å². The summed E-state index contributed by atoms with van der Waals surface area (Å²) in [5.41, 5.74) is 2.94. The van der Waals surface area contributed by atoms with Gasteiger partial charge < -0.3 is 20.1 Å². The lowest BCUT2D eigenvalue weighted by molar-refractivity contribution is 0.140. The SMILES string of the molecule is CN=C(NCc1ccc(C)cc1OC1CCOC1)NCC1(C2CC2)CC1.I. The van der Waals surface area contributed by atoms with Gasteiger partial charge in [0.1, 0.15) is 11.9 Å². The third kappa shape index (κ3) is 5.28. The number of hydrogen-bond acceptors (Lipinski definition) is 3. The Morgan fingerprint density at radius 3 is 2.70 bits per heavy atom. The molecule has 1 aromatic carbocycles. The second-order valence-electron chi connectivity index (χ2n) is 8.13. The lowest BCUT2D eigenvalue weighted by Crippen LogP contribution is -2.40. The van der Waals surface area contributed by atoms with Crippen molar-refractivity contribution < 1.29 is 9.47 Å². The molecule has 3 aliphatic rings. The molecule has 0 aromatic heterocycles. The van der Waals surface area contributed by atoms with E-state index >= 15 is 0 Å². The van der Waals surface area contributed by atoms with Gasteiger partial charge in [0.25, 0.3) is 0 Å². The number of nitrogens with one attached hydrogen (secondary N) is 2. The molecule has 150 valence electrons. The third-order valence-corrected chi connectivity index (χ3v) is 6.02. The van der Waals surface area contributed by atoms with Crippen molar-refractivity contribution in [1.29, 1.82) is 0 Å². The van der Waals surface area contributed by atoms with Crippen molar-refractivity contribution in [3.8, 4) is 5.75 Å². The Labute approximate surface area is 179 Å². The number of hydrogen-bond donors (Lipinski definition) is 2. The zero-order chi connectivity index (χ0) is 18.0. The summed E-state index contributed by atoms with van der Waals surface area (Å²) in [5, 5.41) is 7.00. The average molecular weight is 485 g/mol. The van der Waals surface area contributed by atoms with Crippen LogP contribution in [0.2, 0.25) is 0 Å². The quantitative estimate of drug-likeness (QED) is 0.352. The van der Waals surface area contributed by atoms with Crippen molar-refractivity contribution in [1.82, 2.24) is 10.6 Å². The lowest BCUT2D eigenvalue weighted by Gasteiger charge is -2.20. The van der Waals surface area contributed by atoms with Crippen LogP contribution >= 0.6 is 24.0 Å². The summed E-state index contributed by atoms with van der Waals surface area (Å²) in [4.78, 5) is 4.40. The number of halogens is 1. The first-order chi connectivity index (χ1) is 12.7. The molecule has 0 bridgehead atoms. The van der Waals surface area contributed by atoms with E-state index in [2.05, 4.69) is 40.7 Å². The molecule has 0 spiro atoms. The van der Waals surface area contributed by atoms with E-state index in [9.17, 15) is 0 Å². The molecule has 2 saturated carbocycles. The number of rotatable bonds is 7. The minimum absolute atomic E-state index is 0. The maximum atomic E-state index is 6.19. The number of guanidine groups is 1. The van der Waals surface area contributed by atoms with Gasteiger partial charge in [-0.25, -0.2) is 0 Å². The van der Waals surface area contributed by atoms with Crippen LogP contribution in [0.1, 0.15) is 43.2 Å². The van der Waals surface area contributed by atoms with E-state index in [0.717, 1.165) is 42.8 Å². The van der Waals surface area contributed by atoms with Gasteiger partial charge in [-0.15, -0.1) is 24.0 Å². The fraction of sp³-hybridized carbons (Fsp3) is 0.667. The third-order valence-electron chi connectivity index (χ3n) is 6.02. The summed E-state index contributed by atoms with van der Waals surface area (Å²) in [6.07, 6.45) is 6.72. The standard InChI is InChI=1S/C21H31N3O2.HI/c1-15-3-4-16(19(11-15)26-18-7-10-25-13-18)12-23-20(22-2)24-14-21(8-9-21)17-5-6-17;/h3-4,11,17-18H,5-10,12-14H2,1-2H3,(H2,22,23,24);1H. The fourth-order valence-electron chi connectivity index (χ4n) is 3.95. The molecule has 1 unspecified atom stereocenters. The summed E-state index contributed by atoms with van der Waals surface area (Å²) in [7, 11) is 1.84. The normalized spacial score (nSPS) is 23.5. The van der Waals surface area contributed by atoms with Crippen LogP contribution in [0.15, 0.2) is 23.2 Å². The predicted molar refractivity (Wildman–Crippen MR) is 119 cm³/mol. The van der Waals surface area contributed by atoms with Crippen LogP contribution in [0.3, 0.4) is 0 Å². The molecule has 27 heavy (non-hydrogen) atoms. The van der Waals surface area contributed by atoms with Crippen molar-refractivity contribution in [2.24, 2.45) is 16.3 Å². The molecule has 1 saturated heterocycles. The Morgan fingerprint density at radius 1 is 1.26 bits per heavy atom. The molecule has 0 radical (unpaired) electrons. The number of nitrogens with zero attached hydrogens (tertiary/aromatic N) is 1. The van der Waals surface area contributed by atoms with Crippen molar-refractivity contribution >= 4 is 29.9 Å². The van der Waals surface area contributed by atoms with E-state index in [0.29, 0.717) is 18.6 Å². The molecule has 1 atom stereocenters. The lowest BCUT2D eigenvalue weighted by atomic mass is 10.0. The second kappa shape index (κ2) is 8.99. The van der Waals surface area contributed by atoms with E-state index in [1.165, 1.54) is 31.2 Å². The molecule has 2 aliphatic carbocycles. The Balaban J connectivity index is 0.00000210. The molecule has 1 heterocycles. The van der Waals surface area contributed by atoms with Crippen LogP contribution in [-0.2, 0) is 11.3 Å². The molecule has 0 amide bonds. The Hall–Kier alpha value is -1.02. The van der Waals surface area contributed by atoms with Crippen molar-refractivity contribution in [2.75, 3.05) is 26.8 Å². The van der Waals surface area contributed by atoms with Gasteiger partial charge in [0.15, 0.2) is 5.96 Å². The Kier molecular flexibility index (Phi) is 6.89. The number of benzene rings is 1. The summed E-state index contributed by atoms with van der Waals surface area (Å²) in [6, 6.07) is 6.41. The van der Waals surface area contributed by atoms with Crippen LogP contribution in [-0.4, -0.2) is 38.9 Å². The highest BCUT2D eigenvalue weighted by atomic mass is 127. The zero-order valence-corrected chi connectivity index (χ0v) is 18.8. The molecule has 5 nitrogen and oxygen atoms in total. The molecule has 2 N–H and O–H groups in total. The van der Waals surface area contributed by atoms with Gasteiger partial charge in [-0.1, -0.05) is 12.1 Å². The monoisotopic (exact) mass is 485 g/mol. The highest BCUT2D eigenvalue weighted by Gasteiger charge is 2.53. The maximum absolute atomic E-state index is 6.19. The number of ether oxygens (including phenoxy) is 2. The van der Waals surface area contributed by atoms with E-state index < -0.39 is 0 Å². The molecule has 6 heteroatoms. The van der Waals surface area contributed by atoms with Crippen molar-refractivity contribution in [3.05, 3.63) is 29.3 Å². The maximum Gasteiger partial charge on any atom is 0.191 e. The summed E-state index contributed by atoms with van der Waals surface area (Å²) in [6.45, 7) is 5.34. The van der Waals surface area contributed by atoms with Crippen LogP contribution in [0.25, 0.3) is 0 Å². The molecule has 1 aromatic rings. The first-order valence-corrected chi connectivity index (χ1v) is 9.97. The van der Waals surface area contributed by atoms with E-state index in [1.807, 2.05) is 7.05 Å². The van der Waals surface area contributed by atoms with Gasteiger partial charge in [-0.05, 0) is 55.6 Å². The first kappa shape index (κ1) is 20.7. The largest absolute Gasteiger partial charge is 0.488 e. The van der Waals surface area contributed by atoms with Crippen LogP contribution in [0.5, 0.6) is 5.75 Å². The minimum atomic E-state index is 0. The minimum Gasteiger partial charge on any atom is -0.488 e. The van der Waals surface area contributed by atoms with Gasteiger partial charge in [0.2, 0.25) is 0 Å². The topological polar surface area (TPSA) is 54.9 Å². The zero-order valence-electron chi connectivity index (χ0n) is 16.4.